The smallest absolute Gasteiger partial charge is 0.0411 e. The van der Waals surface area contributed by atoms with E-state index in [2.05, 4.69) is 42.2 Å². The second kappa shape index (κ2) is 6.88. The van der Waals surface area contributed by atoms with Crippen molar-refractivity contribution in [3.8, 4) is 0 Å². The standard InChI is InChI=1S/C14H19N/c1-3-4-5-6-7-10-13-11-8-9-12-14(13)15-2/h3,7-12,15H,1,4-6H2,2H3/b10-7+. The van der Waals surface area contributed by atoms with E-state index < -0.39 is 0 Å². The van der Waals surface area contributed by atoms with Crippen LogP contribution < -0.4 is 5.32 Å². The highest BCUT2D eigenvalue weighted by atomic mass is 14.8. The van der Waals surface area contributed by atoms with Gasteiger partial charge in [0.2, 0.25) is 0 Å². The van der Waals surface area contributed by atoms with Crippen LogP contribution in [0.1, 0.15) is 24.8 Å². The first-order valence-corrected chi connectivity index (χ1v) is 5.42. The molecule has 0 heterocycles. The van der Waals surface area contributed by atoms with E-state index in [1.54, 1.807) is 0 Å². The second-order valence-corrected chi connectivity index (χ2v) is 3.46. The third kappa shape index (κ3) is 4.03. The fraction of sp³-hybridized carbons (Fsp3) is 0.286. The molecule has 1 rings (SSSR count). The number of nitrogens with one attached hydrogen (secondary N) is 1. The molecule has 0 fully saturated rings. The highest BCUT2D eigenvalue weighted by Gasteiger charge is 1.93. The average molecular weight is 201 g/mol. The maximum Gasteiger partial charge on any atom is 0.0411 e. The molecule has 1 aromatic carbocycles. The van der Waals surface area contributed by atoms with Crippen LogP contribution in [0.4, 0.5) is 5.69 Å². The predicted octanol–water partition coefficient (Wildman–Crippen LogP) is 4.10. The Kier molecular flexibility index (Phi) is 5.31. The zero-order chi connectivity index (χ0) is 10.9. The molecule has 0 amide bonds. The average Bonchev–Trinajstić information content (AvgIpc) is 2.29. The summed E-state index contributed by atoms with van der Waals surface area (Å²) in [4.78, 5) is 0. The van der Waals surface area contributed by atoms with E-state index in [4.69, 9.17) is 0 Å². The lowest BCUT2D eigenvalue weighted by molar-refractivity contribution is 0.872. The van der Waals surface area contributed by atoms with Crippen molar-refractivity contribution in [3.63, 3.8) is 0 Å². The van der Waals surface area contributed by atoms with Crippen LogP contribution in [0.2, 0.25) is 0 Å². The Bertz CT molecular complexity index is 326. The first-order valence-electron chi connectivity index (χ1n) is 5.42. The molecule has 0 aliphatic rings. The predicted molar refractivity (Wildman–Crippen MR) is 69.1 cm³/mol. The molecule has 0 spiro atoms. The van der Waals surface area contributed by atoms with Crippen molar-refractivity contribution in [2.45, 2.75) is 19.3 Å². The van der Waals surface area contributed by atoms with Gasteiger partial charge in [-0.2, -0.15) is 0 Å². The largest absolute Gasteiger partial charge is 0.388 e. The Labute approximate surface area is 92.5 Å². The van der Waals surface area contributed by atoms with Gasteiger partial charge in [0.25, 0.3) is 0 Å². The molecule has 1 nitrogen and oxygen atoms in total. The van der Waals surface area contributed by atoms with Crippen molar-refractivity contribution in [1.82, 2.24) is 0 Å². The van der Waals surface area contributed by atoms with E-state index in [0.717, 1.165) is 12.8 Å². The van der Waals surface area contributed by atoms with Crippen LogP contribution in [-0.2, 0) is 0 Å². The summed E-state index contributed by atoms with van der Waals surface area (Å²) < 4.78 is 0. The molecule has 0 saturated carbocycles. The Balaban J connectivity index is 2.51. The lowest BCUT2D eigenvalue weighted by Crippen LogP contribution is -1.90. The fourth-order valence-electron chi connectivity index (χ4n) is 1.46. The third-order valence-corrected chi connectivity index (χ3v) is 2.31. The number of hydrogen-bond donors (Lipinski definition) is 1. The van der Waals surface area contributed by atoms with Gasteiger partial charge < -0.3 is 5.32 Å². The van der Waals surface area contributed by atoms with Gasteiger partial charge in [-0.3, -0.25) is 0 Å². The summed E-state index contributed by atoms with van der Waals surface area (Å²) in [7, 11) is 1.95. The Morgan fingerprint density at radius 2 is 2.07 bits per heavy atom. The van der Waals surface area contributed by atoms with E-state index in [9.17, 15) is 0 Å². The van der Waals surface area contributed by atoms with Crippen molar-refractivity contribution in [3.05, 3.63) is 48.6 Å². The monoisotopic (exact) mass is 201 g/mol. The number of hydrogen-bond acceptors (Lipinski definition) is 1. The van der Waals surface area contributed by atoms with E-state index in [1.165, 1.54) is 17.7 Å². The van der Waals surface area contributed by atoms with Crippen molar-refractivity contribution < 1.29 is 0 Å². The number of rotatable bonds is 6. The molecule has 1 aromatic rings. The number of unbranched alkanes of at least 4 members (excludes halogenated alkanes) is 2. The fourth-order valence-corrected chi connectivity index (χ4v) is 1.46. The van der Waals surface area contributed by atoms with Crippen LogP contribution in [-0.4, -0.2) is 7.05 Å². The van der Waals surface area contributed by atoms with Crippen molar-refractivity contribution in [2.75, 3.05) is 12.4 Å². The van der Waals surface area contributed by atoms with Gasteiger partial charge in [-0.15, -0.1) is 6.58 Å². The van der Waals surface area contributed by atoms with Crippen LogP contribution in [0.3, 0.4) is 0 Å². The van der Waals surface area contributed by atoms with Gasteiger partial charge in [0.1, 0.15) is 0 Å². The minimum absolute atomic E-state index is 1.10. The molecule has 0 bridgehead atoms. The minimum atomic E-state index is 1.10. The SMILES string of the molecule is C=CCCC/C=C/c1ccccc1NC. The molecular weight excluding hydrogens is 182 g/mol. The van der Waals surface area contributed by atoms with Crippen LogP contribution >= 0.6 is 0 Å². The molecule has 0 radical (unpaired) electrons. The van der Waals surface area contributed by atoms with Gasteiger partial charge in [0.05, 0.1) is 0 Å². The first kappa shape index (κ1) is 11.6. The van der Waals surface area contributed by atoms with Crippen molar-refractivity contribution >= 4 is 11.8 Å². The first-order chi connectivity index (χ1) is 7.38. The maximum atomic E-state index is 3.71. The normalized spacial score (nSPS) is 10.5. The molecule has 0 atom stereocenters. The zero-order valence-corrected chi connectivity index (χ0v) is 9.37. The summed E-state index contributed by atoms with van der Waals surface area (Å²) in [6, 6.07) is 8.31. The van der Waals surface area contributed by atoms with Crippen LogP contribution in [0, 0.1) is 0 Å². The van der Waals surface area contributed by atoms with Gasteiger partial charge in [-0.05, 0) is 30.9 Å². The topological polar surface area (TPSA) is 12.0 Å². The number of anilines is 1. The number of benzene rings is 1. The van der Waals surface area contributed by atoms with Crippen LogP contribution in [0.15, 0.2) is 43.0 Å². The van der Waals surface area contributed by atoms with E-state index in [0.29, 0.717) is 0 Å². The summed E-state index contributed by atoms with van der Waals surface area (Å²) in [5.74, 6) is 0. The third-order valence-electron chi connectivity index (χ3n) is 2.31. The Morgan fingerprint density at radius 1 is 1.27 bits per heavy atom. The molecule has 0 aromatic heterocycles. The zero-order valence-electron chi connectivity index (χ0n) is 9.37. The minimum Gasteiger partial charge on any atom is -0.388 e. The van der Waals surface area contributed by atoms with Gasteiger partial charge in [0.15, 0.2) is 0 Å². The van der Waals surface area contributed by atoms with Gasteiger partial charge in [-0.25, -0.2) is 0 Å². The van der Waals surface area contributed by atoms with Gasteiger partial charge in [-0.1, -0.05) is 36.4 Å². The number of para-hydroxylation sites is 1. The second-order valence-electron chi connectivity index (χ2n) is 3.46. The molecule has 15 heavy (non-hydrogen) atoms. The van der Waals surface area contributed by atoms with E-state index in [-0.39, 0.29) is 0 Å². The van der Waals surface area contributed by atoms with E-state index in [1.807, 2.05) is 19.2 Å². The maximum absolute atomic E-state index is 3.71. The lowest BCUT2D eigenvalue weighted by Gasteiger charge is -2.03. The molecule has 0 aliphatic heterocycles. The molecule has 0 saturated heterocycles. The van der Waals surface area contributed by atoms with Crippen molar-refractivity contribution in [1.29, 1.82) is 0 Å². The van der Waals surface area contributed by atoms with Gasteiger partial charge >= 0.3 is 0 Å². The van der Waals surface area contributed by atoms with E-state index >= 15 is 0 Å². The Morgan fingerprint density at radius 3 is 2.80 bits per heavy atom. The summed E-state index contributed by atoms with van der Waals surface area (Å²) in [6.45, 7) is 3.71. The lowest BCUT2D eigenvalue weighted by atomic mass is 10.1. The summed E-state index contributed by atoms with van der Waals surface area (Å²) >= 11 is 0. The van der Waals surface area contributed by atoms with Crippen LogP contribution in [0.25, 0.3) is 6.08 Å². The quantitative estimate of drug-likeness (QED) is 0.539. The molecule has 0 unspecified atom stereocenters. The van der Waals surface area contributed by atoms with Crippen molar-refractivity contribution in [2.24, 2.45) is 0 Å². The molecule has 80 valence electrons. The molecule has 0 aliphatic carbocycles. The molecule has 1 heteroatoms. The van der Waals surface area contributed by atoms with Crippen LogP contribution in [0.5, 0.6) is 0 Å². The Hall–Kier alpha value is -1.50. The molecular formula is C14H19N. The summed E-state index contributed by atoms with van der Waals surface area (Å²) in [5, 5.41) is 3.18. The number of allylic oxidation sites excluding steroid dienone is 2. The highest BCUT2D eigenvalue weighted by Crippen LogP contribution is 2.16. The highest BCUT2D eigenvalue weighted by molar-refractivity contribution is 5.66. The molecule has 1 N–H and O–H groups in total. The summed E-state index contributed by atoms with van der Waals surface area (Å²) in [5.41, 5.74) is 2.43. The summed E-state index contributed by atoms with van der Waals surface area (Å²) in [6.07, 6.45) is 9.76. The van der Waals surface area contributed by atoms with Gasteiger partial charge in [0, 0.05) is 12.7 Å².